The molecule has 104 valence electrons. The van der Waals surface area contributed by atoms with Crippen LogP contribution in [0.3, 0.4) is 0 Å². The van der Waals surface area contributed by atoms with Gasteiger partial charge < -0.3 is 16.2 Å². The van der Waals surface area contributed by atoms with Gasteiger partial charge in [-0.15, -0.1) is 0 Å². The summed E-state index contributed by atoms with van der Waals surface area (Å²) in [5.74, 6) is -0.418. The van der Waals surface area contributed by atoms with E-state index >= 15 is 0 Å². The predicted octanol–water partition coefficient (Wildman–Crippen LogP) is 2.77. The number of nitrogens with zero attached hydrogens (tertiary/aromatic N) is 1. The number of amides is 1. The highest BCUT2D eigenvalue weighted by Crippen LogP contribution is 2.22. The molecule has 21 heavy (non-hydrogen) atoms. The lowest BCUT2D eigenvalue weighted by molar-refractivity contribution is 0.102. The Hall–Kier alpha value is -3.08. The monoisotopic (exact) mass is 279 g/mol. The number of phenolic OH excluding ortho intramolecular Hbond substituents is 1. The molecule has 0 atom stereocenters. The average molecular weight is 279 g/mol. The van der Waals surface area contributed by atoms with Gasteiger partial charge in [0.2, 0.25) is 0 Å². The molecule has 3 rings (SSSR count). The van der Waals surface area contributed by atoms with E-state index in [2.05, 4.69) is 10.3 Å². The van der Waals surface area contributed by atoms with Gasteiger partial charge in [0.05, 0.1) is 11.2 Å². The first-order valence-corrected chi connectivity index (χ1v) is 6.38. The van der Waals surface area contributed by atoms with Crippen LogP contribution >= 0.6 is 0 Å². The van der Waals surface area contributed by atoms with Gasteiger partial charge in [0.1, 0.15) is 5.75 Å². The molecule has 4 N–H and O–H groups in total. The van der Waals surface area contributed by atoms with Crippen molar-refractivity contribution in [3.05, 3.63) is 60.3 Å². The number of hydrogen-bond donors (Lipinski definition) is 3. The third kappa shape index (κ3) is 2.62. The molecule has 0 aliphatic rings. The molecule has 2 aromatic carbocycles. The number of nitrogens with two attached hydrogens (primary N) is 1. The van der Waals surface area contributed by atoms with Crippen LogP contribution in [0.2, 0.25) is 0 Å². The van der Waals surface area contributed by atoms with E-state index in [4.69, 9.17) is 5.73 Å². The van der Waals surface area contributed by atoms with E-state index in [1.54, 1.807) is 18.3 Å². The van der Waals surface area contributed by atoms with Crippen LogP contribution in [0.1, 0.15) is 10.4 Å². The molecule has 0 unspecified atom stereocenters. The van der Waals surface area contributed by atoms with Crippen LogP contribution in [0, 0.1) is 0 Å². The van der Waals surface area contributed by atoms with Gasteiger partial charge in [-0.2, -0.15) is 0 Å². The van der Waals surface area contributed by atoms with Gasteiger partial charge in [0.15, 0.2) is 0 Å². The summed E-state index contributed by atoms with van der Waals surface area (Å²) in [4.78, 5) is 16.4. The Balaban J connectivity index is 1.87. The molecular weight excluding hydrogens is 266 g/mol. The Labute approximate surface area is 121 Å². The van der Waals surface area contributed by atoms with Crippen LogP contribution in [0.25, 0.3) is 10.9 Å². The number of phenols is 1. The fourth-order valence-corrected chi connectivity index (χ4v) is 2.04. The fourth-order valence-electron chi connectivity index (χ4n) is 2.04. The zero-order chi connectivity index (χ0) is 14.8. The number of aromatic nitrogens is 1. The summed E-state index contributed by atoms with van der Waals surface area (Å²) < 4.78 is 0. The summed E-state index contributed by atoms with van der Waals surface area (Å²) in [6, 6.07) is 13.6. The Bertz CT molecular complexity index is 831. The van der Waals surface area contributed by atoms with E-state index < -0.39 is 0 Å². The smallest absolute Gasteiger partial charge is 0.255 e. The van der Waals surface area contributed by atoms with Crippen LogP contribution < -0.4 is 11.1 Å². The Morgan fingerprint density at radius 1 is 1.14 bits per heavy atom. The third-order valence-corrected chi connectivity index (χ3v) is 3.15. The molecule has 0 radical (unpaired) electrons. The summed E-state index contributed by atoms with van der Waals surface area (Å²) >= 11 is 0. The second kappa shape index (κ2) is 5.13. The first kappa shape index (κ1) is 12.9. The maximum absolute atomic E-state index is 12.1. The van der Waals surface area contributed by atoms with Gasteiger partial charge in [-0.3, -0.25) is 9.78 Å². The van der Waals surface area contributed by atoms with Gasteiger partial charge in [-0.1, -0.05) is 6.07 Å². The lowest BCUT2D eigenvalue weighted by atomic mass is 10.1. The zero-order valence-electron chi connectivity index (χ0n) is 11.1. The van der Waals surface area contributed by atoms with Crippen LogP contribution in [-0.4, -0.2) is 16.0 Å². The molecule has 1 heterocycles. The number of hydrogen-bond acceptors (Lipinski definition) is 4. The summed E-state index contributed by atoms with van der Waals surface area (Å²) in [5, 5.41) is 13.3. The quantitative estimate of drug-likeness (QED) is 0.497. The summed E-state index contributed by atoms with van der Waals surface area (Å²) in [6.07, 6.45) is 1.72. The van der Waals surface area contributed by atoms with Crippen molar-refractivity contribution in [3.8, 4) is 5.75 Å². The molecule has 0 aliphatic heterocycles. The fraction of sp³-hybridized carbons (Fsp3) is 0. The van der Waals surface area contributed by atoms with E-state index in [1.807, 2.05) is 24.3 Å². The second-order valence-electron chi connectivity index (χ2n) is 4.64. The lowest BCUT2D eigenvalue weighted by Gasteiger charge is -2.07. The number of pyridine rings is 1. The molecule has 0 bridgehead atoms. The summed E-state index contributed by atoms with van der Waals surface area (Å²) in [5.41, 5.74) is 7.62. The van der Waals surface area contributed by atoms with Crippen molar-refractivity contribution in [3.63, 3.8) is 0 Å². The minimum absolute atomic E-state index is 0.106. The molecule has 0 saturated heterocycles. The maximum Gasteiger partial charge on any atom is 0.255 e. The summed E-state index contributed by atoms with van der Waals surface area (Å²) in [6.45, 7) is 0. The van der Waals surface area contributed by atoms with Gasteiger partial charge in [0, 0.05) is 22.8 Å². The molecule has 1 amide bonds. The SMILES string of the molecule is Nc1ccc(C(=O)Nc2ccc3ncccc3c2)cc1O. The van der Waals surface area contributed by atoms with Crippen LogP contribution in [0.15, 0.2) is 54.7 Å². The molecule has 5 heteroatoms. The van der Waals surface area contributed by atoms with Gasteiger partial charge in [-0.05, 0) is 42.5 Å². The Morgan fingerprint density at radius 2 is 2.00 bits per heavy atom. The molecular formula is C16H13N3O2. The van der Waals surface area contributed by atoms with Crippen LogP contribution in [0.5, 0.6) is 5.75 Å². The van der Waals surface area contributed by atoms with Crippen molar-refractivity contribution < 1.29 is 9.90 Å². The van der Waals surface area contributed by atoms with Crippen molar-refractivity contribution in [2.75, 3.05) is 11.1 Å². The van der Waals surface area contributed by atoms with E-state index in [0.717, 1.165) is 10.9 Å². The third-order valence-electron chi connectivity index (χ3n) is 3.15. The minimum atomic E-state index is -0.312. The number of carbonyl (C=O) groups excluding carboxylic acids is 1. The number of anilines is 2. The Morgan fingerprint density at radius 3 is 2.81 bits per heavy atom. The highest BCUT2D eigenvalue weighted by atomic mass is 16.3. The Kier molecular flexibility index (Phi) is 3.16. The van der Waals surface area contributed by atoms with E-state index in [1.165, 1.54) is 12.1 Å². The second-order valence-corrected chi connectivity index (χ2v) is 4.64. The van der Waals surface area contributed by atoms with E-state index in [9.17, 15) is 9.90 Å². The van der Waals surface area contributed by atoms with Crippen molar-refractivity contribution in [1.82, 2.24) is 4.98 Å². The van der Waals surface area contributed by atoms with Crippen molar-refractivity contribution in [1.29, 1.82) is 0 Å². The molecule has 5 nitrogen and oxygen atoms in total. The van der Waals surface area contributed by atoms with Crippen molar-refractivity contribution in [2.24, 2.45) is 0 Å². The molecule has 0 aliphatic carbocycles. The van der Waals surface area contributed by atoms with Crippen molar-refractivity contribution >= 4 is 28.2 Å². The van der Waals surface area contributed by atoms with Gasteiger partial charge in [0.25, 0.3) is 5.91 Å². The number of benzene rings is 2. The summed E-state index contributed by atoms with van der Waals surface area (Å²) in [7, 11) is 0. The lowest BCUT2D eigenvalue weighted by Crippen LogP contribution is -2.11. The largest absolute Gasteiger partial charge is 0.506 e. The predicted molar refractivity (Wildman–Crippen MR) is 82.2 cm³/mol. The topological polar surface area (TPSA) is 88.2 Å². The van der Waals surface area contributed by atoms with E-state index in [-0.39, 0.29) is 17.3 Å². The van der Waals surface area contributed by atoms with Gasteiger partial charge in [-0.25, -0.2) is 0 Å². The first-order valence-electron chi connectivity index (χ1n) is 6.38. The number of nitrogen functional groups attached to an aromatic ring is 1. The van der Waals surface area contributed by atoms with Crippen LogP contribution in [-0.2, 0) is 0 Å². The molecule has 0 fully saturated rings. The van der Waals surface area contributed by atoms with Gasteiger partial charge >= 0.3 is 0 Å². The average Bonchev–Trinajstić information content (AvgIpc) is 2.50. The van der Waals surface area contributed by atoms with Crippen molar-refractivity contribution in [2.45, 2.75) is 0 Å². The minimum Gasteiger partial charge on any atom is -0.506 e. The highest BCUT2D eigenvalue weighted by molar-refractivity contribution is 6.05. The zero-order valence-corrected chi connectivity index (χ0v) is 11.1. The number of rotatable bonds is 2. The number of carbonyl (C=O) groups is 1. The number of aromatic hydroxyl groups is 1. The molecule has 1 aromatic heterocycles. The number of fused-ring (bicyclic) bond motifs is 1. The molecule has 3 aromatic rings. The van der Waals surface area contributed by atoms with Crippen LogP contribution in [0.4, 0.5) is 11.4 Å². The number of nitrogens with one attached hydrogen (secondary N) is 1. The molecule has 0 spiro atoms. The van der Waals surface area contributed by atoms with E-state index in [0.29, 0.717) is 11.3 Å². The molecule has 0 saturated carbocycles. The standard InChI is InChI=1S/C16H13N3O2/c17-13-5-3-11(9-15(13)20)16(21)19-12-4-6-14-10(8-12)2-1-7-18-14/h1-9,20H,17H2,(H,19,21). The normalized spacial score (nSPS) is 10.5. The first-order chi connectivity index (χ1) is 10.1. The highest BCUT2D eigenvalue weighted by Gasteiger charge is 2.08. The maximum atomic E-state index is 12.1.